The number of alkyl halides is 2. The van der Waals surface area contributed by atoms with Gasteiger partial charge in [0.05, 0.1) is 12.2 Å². The zero-order valence-corrected chi connectivity index (χ0v) is 26.2. The molecule has 0 aromatic rings. The summed E-state index contributed by atoms with van der Waals surface area (Å²) in [4.78, 5) is 0. The van der Waals surface area contributed by atoms with Crippen molar-refractivity contribution in [2.24, 2.45) is 34.5 Å². The van der Waals surface area contributed by atoms with Crippen LogP contribution >= 0.6 is 0 Å². The molecule has 4 nitrogen and oxygen atoms in total. The number of aliphatic hydroxyl groups excluding tert-OH is 2. The Morgan fingerprint density at radius 3 is 2.17 bits per heavy atom. The van der Waals surface area contributed by atoms with Crippen LogP contribution in [0, 0.1) is 34.5 Å². The molecule has 7 heteroatoms. The van der Waals surface area contributed by atoms with E-state index >= 15 is 8.78 Å². The van der Waals surface area contributed by atoms with Crippen LogP contribution in [0.25, 0.3) is 0 Å². The van der Waals surface area contributed by atoms with Gasteiger partial charge < -0.3 is 19.4 Å². The summed E-state index contributed by atoms with van der Waals surface area (Å²) in [5.41, 5.74) is -0.805. The Balaban J connectivity index is 2.20. The number of ether oxygens (including phenoxy) is 1. The summed E-state index contributed by atoms with van der Waals surface area (Å²) in [6, 6.07) is 0. The summed E-state index contributed by atoms with van der Waals surface area (Å²) < 4.78 is 41.9. The third-order valence-corrected chi connectivity index (χ3v) is 9.97. The highest BCUT2D eigenvalue weighted by molar-refractivity contribution is 5.97. The average molecular weight is 535 g/mol. The number of halogens is 2. The normalized spacial score (nSPS) is 30.3. The molecule has 1 aliphatic heterocycles. The molecule has 1 heterocycles. The van der Waals surface area contributed by atoms with Gasteiger partial charge in [-0.05, 0) is 47.8 Å². The van der Waals surface area contributed by atoms with Crippen molar-refractivity contribution < 1.29 is 28.2 Å². The minimum absolute atomic E-state index is 0.0199. The van der Waals surface area contributed by atoms with Crippen molar-refractivity contribution in [3.05, 3.63) is 0 Å². The number of hydrogen-bond donors (Lipinski definition) is 2. The third kappa shape index (κ3) is 8.21. The summed E-state index contributed by atoms with van der Waals surface area (Å²) in [6.07, 6.45) is 8.23. The Bertz CT molecular complexity index is 643. The van der Waals surface area contributed by atoms with Gasteiger partial charge in [-0.15, -0.1) is 0 Å². The van der Waals surface area contributed by atoms with Gasteiger partial charge in [0.2, 0.25) is 0 Å². The minimum Gasteiger partial charge on any atom is -0.428 e. The fraction of sp³-hybridized carbons (Fsp3) is 1.00. The van der Waals surface area contributed by atoms with Gasteiger partial charge >= 0.3 is 0 Å². The van der Waals surface area contributed by atoms with Crippen molar-refractivity contribution in [2.75, 3.05) is 6.61 Å². The maximum absolute atomic E-state index is 15.4. The van der Waals surface area contributed by atoms with Gasteiger partial charge in [-0.25, -0.2) is 8.78 Å². The molecule has 0 aromatic heterocycles. The summed E-state index contributed by atoms with van der Waals surface area (Å²) in [6.45, 7) is 12.9. The highest BCUT2D eigenvalue weighted by Crippen LogP contribution is 2.57. The Morgan fingerprint density at radius 1 is 0.972 bits per heavy atom. The molecule has 2 unspecified atom stereocenters. The number of aliphatic hydroxyl groups is 2. The van der Waals surface area contributed by atoms with Crippen molar-refractivity contribution in [1.29, 1.82) is 0 Å². The fourth-order valence-electron chi connectivity index (χ4n) is 7.44. The zero-order chi connectivity index (χ0) is 27.1. The summed E-state index contributed by atoms with van der Waals surface area (Å²) in [5, 5.41) is 21.4. The first-order valence-corrected chi connectivity index (χ1v) is 15.5. The van der Waals surface area contributed by atoms with Crippen LogP contribution < -0.4 is 0 Å². The monoisotopic (exact) mass is 534 g/mol. The second-order valence-corrected chi connectivity index (χ2v) is 13.9. The fourth-order valence-corrected chi connectivity index (χ4v) is 7.73. The van der Waals surface area contributed by atoms with Crippen molar-refractivity contribution in [3.63, 3.8) is 0 Å². The number of unbranched alkanes of at least 4 members (excludes halogenated alkanes) is 5. The second-order valence-electron chi connectivity index (χ2n) is 13.3. The Hall–Kier alpha value is -0.0831. The van der Waals surface area contributed by atoms with E-state index in [0.29, 0.717) is 25.7 Å². The van der Waals surface area contributed by atoms with E-state index in [-0.39, 0.29) is 35.7 Å². The molecule has 0 aromatic carbocycles. The van der Waals surface area contributed by atoms with Crippen molar-refractivity contribution >= 4 is 10.5 Å². The highest BCUT2D eigenvalue weighted by Gasteiger charge is 2.57. The lowest BCUT2D eigenvalue weighted by atomic mass is 9.58. The number of fused-ring (bicyclic) bond motifs is 1. The van der Waals surface area contributed by atoms with Gasteiger partial charge in [-0.2, -0.15) is 0 Å². The first-order chi connectivity index (χ1) is 16.8. The summed E-state index contributed by atoms with van der Waals surface area (Å²) in [5.74, 6) is -3.37. The van der Waals surface area contributed by atoms with E-state index in [9.17, 15) is 10.2 Å². The lowest BCUT2D eigenvalue weighted by Gasteiger charge is -2.48. The van der Waals surface area contributed by atoms with Gasteiger partial charge in [0, 0.05) is 31.8 Å². The van der Waals surface area contributed by atoms with Crippen LogP contribution in [0.4, 0.5) is 8.78 Å². The number of rotatable bonds is 16. The molecule has 1 saturated carbocycles. The van der Waals surface area contributed by atoms with Gasteiger partial charge in [0.1, 0.15) is 10.5 Å². The van der Waals surface area contributed by atoms with Crippen LogP contribution in [0.15, 0.2) is 0 Å². The van der Waals surface area contributed by atoms with E-state index in [1.807, 2.05) is 27.7 Å². The zero-order valence-electron chi connectivity index (χ0n) is 24.2. The largest absolute Gasteiger partial charge is 0.428 e. The molecule has 0 radical (unpaired) electrons. The predicted octanol–water partition coefficient (Wildman–Crippen LogP) is 6.25. The summed E-state index contributed by atoms with van der Waals surface area (Å²) >= 11 is 0. The molecule has 0 spiro atoms. The van der Waals surface area contributed by atoms with Crippen LogP contribution in [0.2, 0.25) is 0 Å². The standard InChI is InChI=1S/C29H56F2O4Si/c1-7-14-29(30,31)24(27(3,4)5)17-20(2)28(6,15-12-10-8-9-11-13-16-34-36)26-21-18-25(33)35-23(21)19-22(26)32/h20-26,32-33H,7-19H2,1-6,36H3/t20-,21?,22+,23-,24+,25+,26-,28?/m0/s1. The molecule has 0 amide bonds. The average Bonchev–Trinajstić information content (AvgIpc) is 3.26. The van der Waals surface area contributed by atoms with Crippen LogP contribution in [0.1, 0.15) is 119 Å². The van der Waals surface area contributed by atoms with E-state index in [0.717, 1.165) is 42.8 Å². The molecule has 1 saturated heterocycles. The molecule has 8 atom stereocenters. The second kappa shape index (κ2) is 13.8. The van der Waals surface area contributed by atoms with E-state index in [1.165, 1.54) is 19.3 Å². The quantitative estimate of drug-likeness (QED) is 0.182. The molecular formula is C29H56F2O4Si. The number of hydrogen-bond acceptors (Lipinski definition) is 4. The smallest absolute Gasteiger partial charge is 0.251 e. The highest BCUT2D eigenvalue weighted by atomic mass is 28.2. The topological polar surface area (TPSA) is 58.9 Å². The van der Waals surface area contributed by atoms with E-state index in [4.69, 9.17) is 9.16 Å². The Labute approximate surface area is 222 Å². The van der Waals surface area contributed by atoms with Crippen molar-refractivity contribution in [2.45, 2.75) is 143 Å². The maximum Gasteiger partial charge on any atom is 0.251 e. The molecule has 2 N–H and O–H groups in total. The lowest BCUT2D eigenvalue weighted by molar-refractivity contribution is -0.124. The van der Waals surface area contributed by atoms with Crippen LogP contribution in [-0.4, -0.2) is 51.7 Å². The predicted molar refractivity (Wildman–Crippen MR) is 146 cm³/mol. The first kappa shape index (κ1) is 32.1. The molecule has 214 valence electrons. The van der Waals surface area contributed by atoms with E-state index in [1.54, 1.807) is 0 Å². The van der Waals surface area contributed by atoms with Crippen LogP contribution in [0.3, 0.4) is 0 Å². The SMILES string of the molecule is CCCC(F)(F)[C@H](C[C@H](C)C(C)(CCCCCCCCO[SiH3])[C@H]1C2C[C@H](O)O[C@H]2C[C@H]1O)C(C)(C)C. The lowest BCUT2D eigenvalue weighted by Crippen LogP contribution is -2.46. The van der Waals surface area contributed by atoms with Gasteiger partial charge in [-0.1, -0.05) is 80.1 Å². The van der Waals surface area contributed by atoms with Gasteiger partial charge in [-0.3, -0.25) is 0 Å². The van der Waals surface area contributed by atoms with Crippen molar-refractivity contribution in [3.8, 4) is 0 Å². The summed E-state index contributed by atoms with van der Waals surface area (Å²) in [7, 11) is 0.804. The van der Waals surface area contributed by atoms with E-state index < -0.39 is 29.6 Å². The third-order valence-electron chi connectivity index (χ3n) is 9.56. The van der Waals surface area contributed by atoms with E-state index in [2.05, 4.69) is 13.8 Å². The molecule has 0 bridgehead atoms. The van der Waals surface area contributed by atoms with Crippen molar-refractivity contribution in [1.82, 2.24) is 0 Å². The van der Waals surface area contributed by atoms with Gasteiger partial charge in [0.25, 0.3) is 5.92 Å². The Kier molecular flexibility index (Phi) is 12.3. The maximum atomic E-state index is 15.4. The molecule has 2 fully saturated rings. The first-order valence-electron chi connectivity index (χ1n) is 14.7. The van der Waals surface area contributed by atoms with Crippen LogP contribution in [0.5, 0.6) is 0 Å². The minimum atomic E-state index is -2.71. The molecule has 2 rings (SSSR count). The van der Waals surface area contributed by atoms with Gasteiger partial charge in [0.15, 0.2) is 6.29 Å². The van der Waals surface area contributed by atoms with Crippen LogP contribution in [-0.2, 0) is 9.16 Å². The molecule has 1 aliphatic carbocycles. The Morgan fingerprint density at radius 2 is 1.58 bits per heavy atom. The molecule has 36 heavy (non-hydrogen) atoms. The molecule has 2 aliphatic rings. The molecular weight excluding hydrogens is 478 g/mol.